The predicted octanol–water partition coefficient (Wildman–Crippen LogP) is 4.26. The number of nitrogens with zero attached hydrogens (tertiary/aromatic N) is 3. The molecule has 4 aromatic carbocycles. The molecule has 4 aliphatic heterocycles. The van der Waals surface area contributed by atoms with Crippen molar-refractivity contribution in [3.05, 3.63) is 148 Å². The van der Waals surface area contributed by atoms with Crippen LogP contribution >= 0.6 is 7.60 Å². The van der Waals surface area contributed by atoms with E-state index < -0.39 is 85.5 Å². The maximum atomic E-state index is 15.0. The Balaban J connectivity index is 0.937. The van der Waals surface area contributed by atoms with Gasteiger partial charge >= 0.3 is 7.60 Å². The van der Waals surface area contributed by atoms with E-state index in [0.717, 1.165) is 16.7 Å². The van der Waals surface area contributed by atoms with Crippen molar-refractivity contribution < 1.29 is 57.5 Å². The topological polar surface area (TPSA) is 295 Å². The van der Waals surface area contributed by atoms with Gasteiger partial charge in [-0.1, -0.05) is 109 Å². The van der Waals surface area contributed by atoms with E-state index in [1.165, 1.54) is 15.9 Å². The Morgan fingerprint density at radius 1 is 0.827 bits per heavy atom. The minimum absolute atomic E-state index is 0.123. The highest BCUT2D eigenvalue weighted by Gasteiger charge is 2.46. The number of fused-ring (bicyclic) bond motifs is 2. The molecule has 1 unspecified atom stereocenters. The summed E-state index contributed by atoms with van der Waals surface area (Å²) in [5, 5.41) is 11.0. The summed E-state index contributed by atoms with van der Waals surface area (Å²) in [6.07, 6.45) is 4.29. The van der Waals surface area contributed by atoms with Gasteiger partial charge in [-0.25, -0.2) is 0 Å². The molecule has 424 valence electrons. The first-order valence-corrected chi connectivity index (χ1v) is 29.1. The molecular weight excluding hydrogens is 1060 g/mol. The molecule has 0 saturated carbocycles. The molecule has 0 radical (unpaired) electrons. The highest BCUT2D eigenvalue weighted by Crippen LogP contribution is 2.39. The van der Waals surface area contributed by atoms with Crippen molar-refractivity contribution in [3.8, 4) is 11.8 Å². The van der Waals surface area contributed by atoms with E-state index in [-0.39, 0.29) is 75.9 Å². The normalized spacial score (nSPS) is 19.6. The predicted molar refractivity (Wildman–Crippen MR) is 298 cm³/mol. The fourth-order valence-corrected chi connectivity index (χ4v) is 11.7. The summed E-state index contributed by atoms with van der Waals surface area (Å²) >= 11 is 0. The number of hydrogen-bond donors (Lipinski definition) is 7. The highest BCUT2D eigenvalue weighted by atomic mass is 31.2. The number of unbranched alkanes of at least 4 members (excludes halogenated alkanes) is 3. The number of carbonyl (C=O) groups is 9. The van der Waals surface area contributed by atoms with Crippen molar-refractivity contribution in [2.45, 2.75) is 133 Å². The lowest BCUT2D eigenvalue weighted by molar-refractivity contribution is -0.147. The smallest absolute Gasteiger partial charge is 0.329 e. The first kappa shape index (κ1) is 58.9. The van der Waals surface area contributed by atoms with Crippen LogP contribution in [0.25, 0.3) is 5.57 Å². The van der Waals surface area contributed by atoms with Gasteiger partial charge < -0.3 is 46.2 Å². The van der Waals surface area contributed by atoms with Gasteiger partial charge in [-0.15, -0.1) is 0 Å². The number of nitrogens with two attached hydrogens (primary N) is 1. The van der Waals surface area contributed by atoms with Crippen LogP contribution in [-0.4, -0.2) is 121 Å². The molecule has 0 aliphatic carbocycles. The van der Waals surface area contributed by atoms with E-state index in [4.69, 9.17) is 5.73 Å². The SMILES string of the molecule is C/C(=C\C(=O)N[C@H]1CN(C(=O)CCCCCC#Cc2cccc3c2CN(C2CCC(=O)NC2=O)C3=O)CC[C@H]2CC[C@@H](C(=O)N[C@@H](CCC(N)=O)C(=O)NC(c3ccccc3)c3ccccc3)N2C1=O)c1ccc(CP(=O)(O)O)cc1. The number of primary amides is 1. The number of imide groups is 1. The molecule has 5 atom stereocenters. The standard InChI is InChI=1S/C60H67N8O12P/c1-38(40-24-22-39(23-25-40)37-81(78,79)80)34-53(71)62-48-36-66(54(72)21-12-4-2-3-7-14-41-19-13-20-45-46(41)35-67(59(45)76)49-29-31-52(70)64-57(49)74)33-32-44-26-28-50(68(44)60(48)77)58(75)63-47(27-30-51(61)69)56(73)65-55(42-15-8-5-9-16-42)43-17-10-6-11-18-43/h5-6,8-11,13,15-20,22-25,34,44,47-50,55H,2-4,12,21,26-33,35-37H2,1H3,(H2,61,69)(H,62,71)(H,63,75)(H,65,73)(H,64,70,74)(H2,78,79,80)/b38-34+/t44-,47+,48+,49?,50+/m1/s1. The number of piperidine rings is 1. The van der Waals surface area contributed by atoms with Crippen molar-refractivity contribution in [1.82, 2.24) is 36.0 Å². The zero-order valence-electron chi connectivity index (χ0n) is 45.0. The summed E-state index contributed by atoms with van der Waals surface area (Å²) in [7, 11) is -4.32. The lowest BCUT2D eigenvalue weighted by Crippen LogP contribution is -2.62. The summed E-state index contributed by atoms with van der Waals surface area (Å²) < 4.78 is 11.6. The van der Waals surface area contributed by atoms with Gasteiger partial charge in [0.15, 0.2) is 0 Å². The van der Waals surface area contributed by atoms with E-state index >= 15 is 0 Å². The Hall–Kier alpha value is -8.24. The summed E-state index contributed by atoms with van der Waals surface area (Å²) in [5.74, 6) is 1.86. The Morgan fingerprint density at radius 3 is 2.20 bits per heavy atom. The average Bonchev–Trinajstić information content (AvgIpc) is 4.04. The molecule has 9 amide bonds. The monoisotopic (exact) mass is 1120 g/mol. The largest absolute Gasteiger partial charge is 0.370 e. The van der Waals surface area contributed by atoms with Crippen LogP contribution in [0.4, 0.5) is 0 Å². The van der Waals surface area contributed by atoms with E-state index in [0.29, 0.717) is 66.4 Å². The van der Waals surface area contributed by atoms with E-state index in [2.05, 4.69) is 33.1 Å². The number of amides is 9. The molecule has 8 N–H and O–H groups in total. The van der Waals surface area contributed by atoms with Gasteiger partial charge in [-0.2, -0.15) is 0 Å². The molecule has 0 bridgehead atoms. The van der Waals surface area contributed by atoms with Gasteiger partial charge in [-0.05, 0) is 97.4 Å². The first-order chi connectivity index (χ1) is 38.8. The number of carbonyl (C=O) groups excluding carboxylic acids is 9. The lowest BCUT2D eigenvalue weighted by Gasteiger charge is -2.39. The molecule has 4 aliphatic rings. The van der Waals surface area contributed by atoms with Crippen molar-refractivity contribution in [1.29, 1.82) is 0 Å². The van der Waals surface area contributed by atoms with E-state index in [9.17, 15) is 57.5 Å². The second kappa shape index (κ2) is 26.8. The van der Waals surface area contributed by atoms with Gasteiger partial charge in [-0.3, -0.25) is 53.0 Å². The fourth-order valence-electron chi connectivity index (χ4n) is 11.0. The number of benzene rings is 4. The summed E-state index contributed by atoms with van der Waals surface area (Å²) in [6.45, 7) is 1.88. The molecule has 4 aromatic rings. The average molecular weight is 1120 g/mol. The Kier molecular flexibility index (Phi) is 19.5. The Morgan fingerprint density at radius 2 is 1.53 bits per heavy atom. The molecule has 4 heterocycles. The van der Waals surface area contributed by atoms with Crippen LogP contribution in [0.1, 0.15) is 134 Å². The van der Waals surface area contributed by atoms with Crippen LogP contribution in [0.3, 0.4) is 0 Å². The Bertz CT molecular complexity index is 3150. The van der Waals surface area contributed by atoms with Gasteiger partial charge in [0.05, 0.1) is 12.2 Å². The number of nitrogens with one attached hydrogen (secondary N) is 4. The number of allylic oxidation sites excluding steroid dienone is 1. The fraction of sp³-hybridized carbons (Fsp3) is 0.383. The quantitative estimate of drug-likeness (QED) is 0.0215. The molecule has 81 heavy (non-hydrogen) atoms. The molecule has 3 fully saturated rings. The zero-order chi connectivity index (χ0) is 57.8. The molecule has 0 spiro atoms. The maximum Gasteiger partial charge on any atom is 0.329 e. The summed E-state index contributed by atoms with van der Waals surface area (Å²) in [4.78, 5) is 145. The van der Waals surface area contributed by atoms with Gasteiger partial charge in [0.2, 0.25) is 47.3 Å². The van der Waals surface area contributed by atoms with Crippen LogP contribution in [0.15, 0.2) is 109 Å². The van der Waals surface area contributed by atoms with Crippen molar-refractivity contribution in [2.24, 2.45) is 5.73 Å². The van der Waals surface area contributed by atoms with Crippen molar-refractivity contribution in [2.75, 3.05) is 13.1 Å². The third-order valence-electron chi connectivity index (χ3n) is 15.2. The second-order valence-electron chi connectivity index (χ2n) is 21.0. The molecule has 8 rings (SSSR count). The summed E-state index contributed by atoms with van der Waals surface area (Å²) in [5.41, 5.74) is 10.4. The van der Waals surface area contributed by atoms with Gasteiger partial charge in [0.1, 0.15) is 24.2 Å². The van der Waals surface area contributed by atoms with Crippen LogP contribution < -0.4 is 27.0 Å². The molecule has 3 saturated heterocycles. The van der Waals surface area contributed by atoms with Crippen LogP contribution in [-0.2, 0) is 55.6 Å². The summed E-state index contributed by atoms with van der Waals surface area (Å²) in [6, 6.07) is 24.7. The maximum absolute atomic E-state index is 15.0. The third kappa shape index (κ3) is 15.4. The van der Waals surface area contributed by atoms with Crippen molar-refractivity contribution >= 4 is 66.3 Å². The molecule has 21 heteroatoms. The van der Waals surface area contributed by atoms with Gasteiger partial charge in [0, 0.05) is 68.6 Å². The van der Waals surface area contributed by atoms with Crippen LogP contribution in [0.5, 0.6) is 0 Å². The third-order valence-corrected chi connectivity index (χ3v) is 15.9. The van der Waals surface area contributed by atoms with Gasteiger partial charge in [0.25, 0.3) is 5.91 Å². The first-order valence-electron chi connectivity index (χ1n) is 27.3. The minimum atomic E-state index is -4.32. The minimum Gasteiger partial charge on any atom is -0.370 e. The van der Waals surface area contributed by atoms with Crippen LogP contribution in [0.2, 0.25) is 0 Å². The second-order valence-corrected chi connectivity index (χ2v) is 22.6. The van der Waals surface area contributed by atoms with E-state index in [1.807, 2.05) is 66.7 Å². The lowest BCUT2D eigenvalue weighted by atomic mass is 9.98. The zero-order valence-corrected chi connectivity index (χ0v) is 45.9. The highest BCUT2D eigenvalue weighted by molar-refractivity contribution is 7.50. The Labute approximate surface area is 469 Å². The van der Waals surface area contributed by atoms with Crippen LogP contribution in [0, 0.1) is 11.8 Å². The molecule has 20 nitrogen and oxygen atoms in total. The molecular formula is C60H67N8O12P. The molecule has 0 aromatic heterocycles. The number of rotatable bonds is 20. The van der Waals surface area contributed by atoms with E-state index in [1.54, 1.807) is 48.2 Å². The van der Waals surface area contributed by atoms with Crippen molar-refractivity contribution in [3.63, 3.8) is 0 Å². The number of hydrogen-bond acceptors (Lipinski definition) is 10.